The Morgan fingerprint density at radius 2 is 2.16 bits per heavy atom. The van der Waals surface area contributed by atoms with Crippen molar-refractivity contribution in [1.29, 1.82) is 0 Å². The van der Waals surface area contributed by atoms with Gasteiger partial charge in [0.15, 0.2) is 0 Å². The van der Waals surface area contributed by atoms with E-state index in [0.29, 0.717) is 19.0 Å². The molecular weight excluding hydrogens is 318 g/mol. The molecule has 25 heavy (non-hydrogen) atoms. The van der Waals surface area contributed by atoms with Gasteiger partial charge < -0.3 is 15.0 Å². The minimum Gasteiger partial charge on any atom is -0.488 e. The zero-order valence-corrected chi connectivity index (χ0v) is 14.8. The fourth-order valence-electron chi connectivity index (χ4n) is 3.00. The van der Waals surface area contributed by atoms with Crippen LogP contribution in [-0.2, 0) is 16.1 Å². The van der Waals surface area contributed by atoms with Gasteiger partial charge in [0.2, 0.25) is 11.8 Å². The summed E-state index contributed by atoms with van der Waals surface area (Å²) in [6.45, 7) is 5.24. The zero-order chi connectivity index (χ0) is 17.8. The van der Waals surface area contributed by atoms with Crippen molar-refractivity contribution in [2.45, 2.75) is 45.8 Å². The van der Waals surface area contributed by atoms with Gasteiger partial charge in [0.1, 0.15) is 11.9 Å². The second-order valence-corrected chi connectivity index (χ2v) is 6.87. The number of pyridine rings is 1. The highest BCUT2D eigenvalue weighted by atomic mass is 16.5. The van der Waals surface area contributed by atoms with Gasteiger partial charge >= 0.3 is 0 Å². The lowest BCUT2D eigenvalue weighted by molar-refractivity contribution is -0.125. The van der Waals surface area contributed by atoms with Crippen molar-refractivity contribution < 1.29 is 14.3 Å². The van der Waals surface area contributed by atoms with Crippen LogP contribution in [0.2, 0.25) is 0 Å². The first-order chi connectivity index (χ1) is 12.0. The van der Waals surface area contributed by atoms with Gasteiger partial charge in [0.25, 0.3) is 0 Å². The number of ether oxygens (including phenoxy) is 1. The van der Waals surface area contributed by atoms with Crippen molar-refractivity contribution in [3.05, 3.63) is 35.7 Å². The lowest BCUT2D eigenvalue weighted by Crippen LogP contribution is -2.29. The van der Waals surface area contributed by atoms with Gasteiger partial charge in [-0.15, -0.1) is 0 Å². The lowest BCUT2D eigenvalue weighted by atomic mass is 10.2. The Balaban J connectivity index is 1.52. The molecule has 2 aliphatic rings. The highest BCUT2D eigenvalue weighted by Crippen LogP contribution is 2.36. The second-order valence-electron chi connectivity index (χ2n) is 6.87. The minimum atomic E-state index is -0.0902. The van der Waals surface area contributed by atoms with Crippen molar-refractivity contribution in [1.82, 2.24) is 15.2 Å². The summed E-state index contributed by atoms with van der Waals surface area (Å²) in [7, 11) is 0. The van der Waals surface area contributed by atoms with E-state index in [0.717, 1.165) is 24.4 Å². The first-order valence-corrected chi connectivity index (χ1v) is 8.84. The Hall–Kier alpha value is -2.37. The number of hydrogen-bond donors (Lipinski definition) is 1. The zero-order valence-electron chi connectivity index (χ0n) is 14.8. The fourth-order valence-corrected chi connectivity index (χ4v) is 3.00. The summed E-state index contributed by atoms with van der Waals surface area (Å²) in [4.78, 5) is 29.4. The quantitative estimate of drug-likeness (QED) is 0.803. The molecule has 1 aromatic rings. The molecule has 1 N–H and O–H groups in total. The Labute approximate surface area is 148 Å². The third kappa shape index (κ3) is 5.05. The molecule has 1 aliphatic heterocycles. The van der Waals surface area contributed by atoms with Crippen LogP contribution in [0.25, 0.3) is 0 Å². The number of nitrogens with zero attached hydrogens (tertiary/aromatic N) is 2. The molecule has 0 bridgehead atoms. The third-order valence-corrected chi connectivity index (χ3v) is 4.64. The lowest BCUT2D eigenvalue weighted by Gasteiger charge is -2.16. The molecule has 1 saturated carbocycles. The average Bonchev–Trinajstić information content (AvgIpc) is 3.33. The Kier molecular flexibility index (Phi) is 5.36. The summed E-state index contributed by atoms with van der Waals surface area (Å²) >= 11 is 0. The highest BCUT2D eigenvalue weighted by molar-refractivity contribution is 5.88. The van der Waals surface area contributed by atoms with Crippen molar-refractivity contribution >= 4 is 11.8 Å². The molecule has 3 rings (SSSR count). The van der Waals surface area contributed by atoms with Crippen LogP contribution in [0.4, 0.5) is 0 Å². The van der Waals surface area contributed by atoms with Crippen LogP contribution < -0.4 is 10.1 Å². The van der Waals surface area contributed by atoms with Crippen molar-refractivity contribution in [3.8, 4) is 5.75 Å². The molecule has 134 valence electrons. The Morgan fingerprint density at radius 1 is 1.36 bits per heavy atom. The molecule has 2 amide bonds. The number of carbonyl (C=O) groups excluding carboxylic acids is 2. The number of rotatable bonds is 6. The SMILES string of the molecule is CC(=O)NCc1cc(OC2CCN(C(=O)/C=C(\C)C3CC3)C2)ccn1. The van der Waals surface area contributed by atoms with Gasteiger partial charge in [0.05, 0.1) is 18.8 Å². The topological polar surface area (TPSA) is 71.5 Å². The summed E-state index contributed by atoms with van der Waals surface area (Å²) in [6.07, 6.45) is 6.71. The maximum absolute atomic E-state index is 12.3. The van der Waals surface area contributed by atoms with E-state index >= 15 is 0 Å². The standard InChI is InChI=1S/C19H25N3O3/c1-13(15-3-4-15)9-19(24)22-8-6-18(12-22)25-17-5-7-20-16(10-17)11-21-14(2)23/h5,7,9-10,15,18H,3-4,6,8,11-12H2,1-2H3,(H,21,23)/b13-9+. The summed E-state index contributed by atoms with van der Waals surface area (Å²) in [5, 5.41) is 2.72. The van der Waals surface area contributed by atoms with Crippen molar-refractivity contribution in [2.24, 2.45) is 5.92 Å². The largest absolute Gasteiger partial charge is 0.488 e. The average molecular weight is 343 g/mol. The molecule has 1 saturated heterocycles. The van der Waals surface area contributed by atoms with Crippen LogP contribution in [0, 0.1) is 5.92 Å². The first kappa shape index (κ1) is 17.5. The smallest absolute Gasteiger partial charge is 0.246 e. The maximum Gasteiger partial charge on any atom is 0.246 e. The van der Waals surface area contributed by atoms with Crippen molar-refractivity contribution in [2.75, 3.05) is 13.1 Å². The second kappa shape index (κ2) is 7.68. The van der Waals surface area contributed by atoms with E-state index in [9.17, 15) is 9.59 Å². The van der Waals surface area contributed by atoms with Crippen LogP contribution in [0.5, 0.6) is 5.75 Å². The normalized spacial score (nSPS) is 20.5. The molecule has 1 aromatic heterocycles. The number of nitrogens with one attached hydrogen (secondary N) is 1. The molecular formula is C19H25N3O3. The van der Waals surface area contributed by atoms with E-state index in [4.69, 9.17) is 4.74 Å². The molecule has 2 heterocycles. The number of hydrogen-bond acceptors (Lipinski definition) is 4. The molecule has 6 heteroatoms. The number of aromatic nitrogens is 1. The summed E-state index contributed by atoms with van der Waals surface area (Å²) in [6, 6.07) is 3.64. The van der Waals surface area contributed by atoms with Gasteiger partial charge in [0, 0.05) is 38.2 Å². The molecule has 1 unspecified atom stereocenters. The van der Waals surface area contributed by atoms with E-state index in [1.807, 2.05) is 17.9 Å². The minimum absolute atomic E-state index is 0.00500. The van der Waals surface area contributed by atoms with Crippen molar-refractivity contribution in [3.63, 3.8) is 0 Å². The van der Waals surface area contributed by atoms with Gasteiger partial charge in [-0.3, -0.25) is 14.6 Å². The van der Waals surface area contributed by atoms with Gasteiger partial charge in [-0.25, -0.2) is 0 Å². The monoisotopic (exact) mass is 343 g/mol. The molecule has 2 fully saturated rings. The van der Waals surface area contributed by atoms with Crippen LogP contribution in [0.3, 0.4) is 0 Å². The molecule has 1 aliphatic carbocycles. The van der Waals surface area contributed by atoms with Crippen LogP contribution in [-0.4, -0.2) is 40.9 Å². The third-order valence-electron chi connectivity index (χ3n) is 4.64. The van der Waals surface area contributed by atoms with E-state index in [1.165, 1.54) is 25.3 Å². The van der Waals surface area contributed by atoms with Gasteiger partial charge in [-0.05, 0) is 31.7 Å². The van der Waals surface area contributed by atoms with Crippen LogP contribution in [0.15, 0.2) is 30.0 Å². The Bertz CT molecular complexity index is 682. The van der Waals surface area contributed by atoms with E-state index < -0.39 is 0 Å². The van der Waals surface area contributed by atoms with Crippen LogP contribution >= 0.6 is 0 Å². The molecule has 0 aromatic carbocycles. The van der Waals surface area contributed by atoms with E-state index in [-0.39, 0.29) is 17.9 Å². The fraction of sp³-hybridized carbons (Fsp3) is 0.526. The maximum atomic E-state index is 12.3. The van der Waals surface area contributed by atoms with E-state index in [2.05, 4.69) is 10.3 Å². The number of carbonyl (C=O) groups is 2. The first-order valence-electron chi connectivity index (χ1n) is 8.84. The predicted molar refractivity (Wildman–Crippen MR) is 93.9 cm³/mol. The molecule has 0 radical (unpaired) electrons. The summed E-state index contributed by atoms with van der Waals surface area (Å²) < 4.78 is 6.00. The number of likely N-dealkylation sites (tertiary alicyclic amines) is 1. The molecule has 1 atom stereocenters. The summed E-state index contributed by atoms with van der Waals surface area (Å²) in [5.41, 5.74) is 1.95. The Morgan fingerprint density at radius 3 is 2.88 bits per heavy atom. The predicted octanol–water partition coefficient (Wildman–Crippen LogP) is 2.05. The molecule has 6 nitrogen and oxygen atoms in total. The van der Waals surface area contributed by atoms with Gasteiger partial charge in [-0.1, -0.05) is 5.57 Å². The number of amides is 2. The number of allylic oxidation sites excluding steroid dienone is 1. The van der Waals surface area contributed by atoms with E-state index in [1.54, 1.807) is 18.3 Å². The molecule has 0 spiro atoms. The summed E-state index contributed by atoms with van der Waals surface area (Å²) in [5.74, 6) is 1.35. The van der Waals surface area contributed by atoms with Crippen LogP contribution in [0.1, 0.15) is 38.8 Å². The highest BCUT2D eigenvalue weighted by Gasteiger charge is 2.28. The van der Waals surface area contributed by atoms with Gasteiger partial charge in [-0.2, -0.15) is 0 Å².